The number of nitrogens with one attached hydrogen (secondary N) is 3. The summed E-state index contributed by atoms with van der Waals surface area (Å²) in [5.41, 5.74) is 2.36. The van der Waals surface area contributed by atoms with E-state index in [1.165, 1.54) is 24.2 Å². The minimum Gasteiger partial charge on any atom is -0.367 e. The molecule has 0 spiro atoms. The van der Waals surface area contributed by atoms with E-state index in [1.54, 1.807) is 16.8 Å². The van der Waals surface area contributed by atoms with Crippen LogP contribution in [0.1, 0.15) is 47.3 Å². The summed E-state index contributed by atoms with van der Waals surface area (Å²) in [4.78, 5) is 45.1. The van der Waals surface area contributed by atoms with E-state index in [0.29, 0.717) is 34.2 Å². The van der Waals surface area contributed by atoms with Gasteiger partial charge in [-0.15, -0.1) is 11.3 Å². The maximum absolute atomic E-state index is 12.7. The van der Waals surface area contributed by atoms with Crippen molar-refractivity contribution in [3.8, 4) is 10.6 Å². The SMILES string of the molecule is O=C1C/C(=C\c2cnn3c(NC4CC4)cc(-c4ccc(C(=O)NCCN5CCCC5)s4)nc23)C(=O)N1. The van der Waals surface area contributed by atoms with Gasteiger partial charge in [-0.3, -0.25) is 19.7 Å². The molecule has 3 aromatic rings. The number of carbonyl (C=O) groups is 3. The molecule has 3 aromatic heterocycles. The van der Waals surface area contributed by atoms with E-state index in [4.69, 9.17) is 4.98 Å². The molecule has 0 aromatic carbocycles. The molecule has 0 unspecified atom stereocenters. The van der Waals surface area contributed by atoms with Crippen LogP contribution in [0.2, 0.25) is 0 Å². The number of thiophene rings is 1. The minimum absolute atomic E-state index is 0.0458. The number of nitrogens with zero attached hydrogens (tertiary/aromatic N) is 4. The van der Waals surface area contributed by atoms with E-state index in [1.807, 2.05) is 18.2 Å². The third-order valence-electron chi connectivity index (χ3n) is 6.65. The zero-order chi connectivity index (χ0) is 24.6. The van der Waals surface area contributed by atoms with Crippen LogP contribution < -0.4 is 16.0 Å². The van der Waals surface area contributed by atoms with Crippen molar-refractivity contribution in [2.45, 2.75) is 38.1 Å². The highest BCUT2D eigenvalue weighted by atomic mass is 32.1. The summed E-state index contributed by atoms with van der Waals surface area (Å²) in [6, 6.07) is 6.09. The van der Waals surface area contributed by atoms with Gasteiger partial charge in [0.15, 0.2) is 5.65 Å². The Morgan fingerprint density at radius 2 is 2.06 bits per heavy atom. The lowest BCUT2D eigenvalue weighted by molar-refractivity contribution is -0.124. The van der Waals surface area contributed by atoms with Crippen LogP contribution in [-0.2, 0) is 9.59 Å². The van der Waals surface area contributed by atoms with Gasteiger partial charge >= 0.3 is 0 Å². The second-order valence-electron chi connectivity index (χ2n) is 9.47. The standard InChI is InChI=1S/C25H27N7O3S/c33-22-12-15(24(34)30-22)11-16-14-27-32-21(28-17-3-4-17)13-18(29-23(16)32)19-5-6-20(36-19)25(35)26-7-10-31-8-1-2-9-31/h5-6,11,13-14,17,28H,1-4,7-10,12H2,(H,26,35)(H,30,33,34)/b15-11+. The van der Waals surface area contributed by atoms with Crippen LogP contribution >= 0.6 is 11.3 Å². The minimum atomic E-state index is -0.384. The van der Waals surface area contributed by atoms with Crippen LogP contribution in [-0.4, -0.2) is 69.4 Å². The molecule has 1 aliphatic carbocycles. The number of anilines is 1. The molecule has 2 saturated heterocycles. The second kappa shape index (κ2) is 9.47. The number of amides is 3. The van der Waals surface area contributed by atoms with E-state index in [2.05, 4.69) is 25.9 Å². The van der Waals surface area contributed by atoms with Crippen molar-refractivity contribution in [2.75, 3.05) is 31.5 Å². The molecular weight excluding hydrogens is 478 g/mol. The number of hydrogen-bond acceptors (Lipinski definition) is 8. The lowest BCUT2D eigenvalue weighted by Crippen LogP contribution is -2.33. The summed E-state index contributed by atoms with van der Waals surface area (Å²) in [7, 11) is 0. The van der Waals surface area contributed by atoms with Crippen molar-refractivity contribution < 1.29 is 14.4 Å². The Kier molecular flexibility index (Phi) is 6.02. The monoisotopic (exact) mass is 505 g/mol. The Labute approximate surface area is 211 Å². The molecule has 2 aliphatic heterocycles. The van der Waals surface area contributed by atoms with Gasteiger partial charge in [-0.1, -0.05) is 0 Å². The van der Waals surface area contributed by atoms with Gasteiger partial charge in [0.1, 0.15) is 5.82 Å². The molecule has 3 amide bonds. The number of imide groups is 1. The van der Waals surface area contributed by atoms with Gasteiger partial charge in [0.2, 0.25) is 5.91 Å². The zero-order valence-electron chi connectivity index (χ0n) is 19.7. The topological polar surface area (TPSA) is 121 Å². The Hall–Kier alpha value is -3.57. The molecule has 0 bridgehead atoms. The highest BCUT2D eigenvalue weighted by molar-refractivity contribution is 7.17. The predicted octanol–water partition coefficient (Wildman–Crippen LogP) is 2.29. The van der Waals surface area contributed by atoms with Crippen LogP contribution in [0.4, 0.5) is 5.82 Å². The summed E-state index contributed by atoms with van der Waals surface area (Å²) >= 11 is 1.40. The number of aromatic nitrogens is 3. The Morgan fingerprint density at radius 3 is 2.81 bits per heavy atom. The number of fused-ring (bicyclic) bond motifs is 1. The molecule has 10 nitrogen and oxygen atoms in total. The first kappa shape index (κ1) is 22.9. The van der Waals surface area contributed by atoms with E-state index < -0.39 is 0 Å². The molecule has 0 radical (unpaired) electrons. The average Bonchev–Trinajstić information content (AvgIpc) is 3.27. The summed E-state index contributed by atoms with van der Waals surface area (Å²) in [5.74, 6) is 0.0383. The first-order chi connectivity index (χ1) is 17.5. The second-order valence-corrected chi connectivity index (χ2v) is 10.6. The quantitative estimate of drug-likeness (QED) is 0.317. The summed E-state index contributed by atoms with van der Waals surface area (Å²) in [6.07, 6.45) is 8.04. The average molecular weight is 506 g/mol. The van der Waals surface area contributed by atoms with Crippen molar-refractivity contribution in [1.82, 2.24) is 30.1 Å². The van der Waals surface area contributed by atoms with Crippen molar-refractivity contribution in [3.05, 3.63) is 40.4 Å². The normalized spacial score (nSPS) is 19.4. The number of carbonyl (C=O) groups excluding carboxylic acids is 3. The fourth-order valence-corrected chi connectivity index (χ4v) is 5.46. The van der Waals surface area contributed by atoms with Gasteiger partial charge in [-0.05, 0) is 57.0 Å². The molecule has 6 rings (SSSR count). The Balaban J connectivity index is 1.27. The van der Waals surface area contributed by atoms with Gasteiger partial charge in [0.25, 0.3) is 11.8 Å². The summed E-state index contributed by atoms with van der Waals surface area (Å²) < 4.78 is 1.72. The van der Waals surface area contributed by atoms with Crippen LogP contribution in [0, 0.1) is 0 Å². The molecule has 11 heteroatoms. The van der Waals surface area contributed by atoms with Gasteiger partial charge in [0.05, 0.1) is 28.1 Å². The molecule has 36 heavy (non-hydrogen) atoms. The largest absolute Gasteiger partial charge is 0.367 e. The van der Waals surface area contributed by atoms with Gasteiger partial charge in [0, 0.05) is 36.3 Å². The van der Waals surface area contributed by atoms with Gasteiger partial charge in [-0.2, -0.15) is 9.61 Å². The van der Waals surface area contributed by atoms with Crippen LogP contribution in [0.3, 0.4) is 0 Å². The van der Waals surface area contributed by atoms with E-state index in [0.717, 1.165) is 48.9 Å². The molecule has 3 N–H and O–H groups in total. The molecular formula is C25H27N7O3S. The zero-order valence-corrected chi connectivity index (χ0v) is 20.6. The van der Waals surface area contributed by atoms with E-state index in [-0.39, 0.29) is 24.1 Å². The highest BCUT2D eigenvalue weighted by Crippen LogP contribution is 2.32. The first-order valence-corrected chi connectivity index (χ1v) is 13.2. The van der Waals surface area contributed by atoms with Crippen LogP contribution in [0.5, 0.6) is 0 Å². The number of hydrogen-bond donors (Lipinski definition) is 3. The molecule has 3 aliphatic rings. The van der Waals surface area contributed by atoms with Crippen molar-refractivity contribution in [2.24, 2.45) is 0 Å². The lowest BCUT2D eigenvalue weighted by Gasteiger charge is -2.14. The fraction of sp³-hybridized carbons (Fsp3) is 0.400. The summed E-state index contributed by atoms with van der Waals surface area (Å²) in [6.45, 7) is 3.73. The van der Waals surface area contributed by atoms with Crippen LogP contribution in [0.15, 0.2) is 30.0 Å². The smallest absolute Gasteiger partial charge is 0.261 e. The third kappa shape index (κ3) is 4.76. The van der Waals surface area contributed by atoms with E-state index >= 15 is 0 Å². The maximum atomic E-state index is 12.7. The third-order valence-corrected chi connectivity index (χ3v) is 7.75. The van der Waals surface area contributed by atoms with Crippen molar-refractivity contribution in [3.63, 3.8) is 0 Å². The van der Waals surface area contributed by atoms with Gasteiger partial charge < -0.3 is 15.5 Å². The van der Waals surface area contributed by atoms with Crippen LogP contribution in [0.25, 0.3) is 22.3 Å². The van der Waals surface area contributed by atoms with Gasteiger partial charge in [-0.25, -0.2) is 4.98 Å². The van der Waals surface area contributed by atoms with Crippen molar-refractivity contribution >= 4 is 46.6 Å². The first-order valence-electron chi connectivity index (χ1n) is 12.3. The highest BCUT2D eigenvalue weighted by Gasteiger charge is 2.26. The summed E-state index contributed by atoms with van der Waals surface area (Å²) in [5, 5.41) is 13.3. The molecule has 0 atom stereocenters. The predicted molar refractivity (Wildman–Crippen MR) is 137 cm³/mol. The molecule has 3 fully saturated rings. The maximum Gasteiger partial charge on any atom is 0.261 e. The molecule has 5 heterocycles. The fourth-order valence-electron chi connectivity index (χ4n) is 4.57. The van der Waals surface area contributed by atoms with Crippen molar-refractivity contribution in [1.29, 1.82) is 0 Å². The molecule has 186 valence electrons. The number of likely N-dealkylation sites (tertiary alicyclic amines) is 1. The lowest BCUT2D eigenvalue weighted by atomic mass is 10.1. The molecule has 1 saturated carbocycles. The number of rotatable bonds is 8. The Morgan fingerprint density at radius 1 is 1.22 bits per heavy atom. The Bertz CT molecular complexity index is 1380. The van der Waals surface area contributed by atoms with E-state index in [9.17, 15) is 14.4 Å².